The first-order valence-electron chi connectivity index (χ1n) is 8.90. The van der Waals surface area contributed by atoms with Gasteiger partial charge in [0.25, 0.3) is 0 Å². The van der Waals surface area contributed by atoms with Crippen LogP contribution in [-0.2, 0) is 4.79 Å². The average Bonchev–Trinajstić information content (AvgIpc) is 3.26. The van der Waals surface area contributed by atoms with Crippen molar-refractivity contribution in [2.75, 3.05) is 39.8 Å². The zero-order chi connectivity index (χ0) is 17.2. The molecule has 1 aliphatic heterocycles. The minimum absolute atomic E-state index is 0.0373. The van der Waals surface area contributed by atoms with E-state index in [0.29, 0.717) is 23.9 Å². The lowest BCUT2D eigenvalue weighted by Crippen LogP contribution is -2.54. The van der Waals surface area contributed by atoms with Crippen molar-refractivity contribution in [3.05, 3.63) is 0 Å². The molecule has 0 aromatic heterocycles. The molecule has 1 saturated heterocycles. The molecule has 1 aliphatic carbocycles. The van der Waals surface area contributed by atoms with E-state index in [9.17, 15) is 10.1 Å². The van der Waals surface area contributed by atoms with Gasteiger partial charge in [-0.3, -0.25) is 14.6 Å². The lowest BCUT2D eigenvalue weighted by molar-refractivity contribution is -0.134. The summed E-state index contributed by atoms with van der Waals surface area (Å²) in [5, 5.41) is 9.31. The molecule has 0 aromatic carbocycles. The number of carbonyl (C=O) groups is 1. The largest absolute Gasteiger partial charge is 0.339 e. The minimum Gasteiger partial charge on any atom is -0.339 e. The summed E-state index contributed by atoms with van der Waals surface area (Å²) in [6.45, 7) is 12.3. The number of likely N-dealkylation sites (N-methyl/N-ethyl adjacent to an activating group) is 1. The van der Waals surface area contributed by atoms with Gasteiger partial charge in [0.1, 0.15) is 6.04 Å². The highest BCUT2D eigenvalue weighted by Crippen LogP contribution is 2.49. The van der Waals surface area contributed by atoms with Crippen LogP contribution in [0, 0.1) is 22.7 Å². The van der Waals surface area contributed by atoms with Crippen LogP contribution in [0.2, 0.25) is 0 Å². The first-order chi connectivity index (χ1) is 10.8. The van der Waals surface area contributed by atoms with Gasteiger partial charge in [-0.25, -0.2) is 0 Å². The average molecular weight is 320 g/mol. The molecule has 2 fully saturated rings. The maximum absolute atomic E-state index is 12.5. The van der Waals surface area contributed by atoms with Gasteiger partial charge in [-0.2, -0.15) is 5.26 Å². The van der Waals surface area contributed by atoms with Gasteiger partial charge in [0.2, 0.25) is 5.91 Å². The maximum Gasteiger partial charge on any atom is 0.236 e. The number of carbonyl (C=O) groups excluding carboxylic acids is 1. The Bertz CT molecular complexity index is 458. The number of nitrogens with zero attached hydrogens (tertiary/aromatic N) is 4. The van der Waals surface area contributed by atoms with Gasteiger partial charge in [-0.05, 0) is 38.1 Å². The monoisotopic (exact) mass is 320 g/mol. The van der Waals surface area contributed by atoms with Crippen molar-refractivity contribution < 1.29 is 4.79 Å². The van der Waals surface area contributed by atoms with Gasteiger partial charge in [0.15, 0.2) is 0 Å². The van der Waals surface area contributed by atoms with E-state index in [2.05, 4.69) is 50.6 Å². The van der Waals surface area contributed by atoms with E-state index >= 15 is 0 Å². The van der Waals surface area contributed by atoms with Crippen molar-refractivity contribution in [3.63, 3.8) is 0 Å². The Balaban J connectivity index is 1.80. The summed E-state index contributed by atoms with van der Waals surface area (Å²) in [7, 11) is 2.06. The van der Waals surface area contributed by atoms with Crippen LogP contribution >= 0.6 is 0 Å². The van der Waals surface area contributed by atoms with Gasteiger partial charge in [-0.15, -0.1) is 0 Å². The summed E-state index contributed by atoms with van der Waals surface area (Å²) in [4.78, 5) is 18.9. The highest BCUT2D eigenvalue weighted by Gasteiger charge is 2.44. The molecule has 0 radical (unpaired) electrons. The third kappa shape index (κ3) is 4.24. The van der Waals surface area contributed by atoms with Gasteiger partial charge in [0, 0.05) is 32.2 Å². The zero-order valence-electron chi connectivity index (χ0n) is 15.4. The van der Waals surface area contributed by atoms with Gasteiger partial charge < -0.3 is 4.90 Å². The maximum atomic E-state index is 12.5. The van der Waals surface area contributed by atoms with Crippen LogP contribution < -0.4 is 0 Å². The van der Waals surface area contributed by atoms with Crippen LogP contribution in [0.4, 0.5) is 0 Å². The molecular weight excluding hydrogens is 288 g/mol. The van der Waals surface area contributed by atoms with Crippen molar-refractivity contribution in [3.8, 4) is 6.07 Å². The molecule has 2 atom stereocenters. The van der Waals surface area contributed by atoms with Gasteiger partial charge in [-0.1, -0.05) is 20.8 Å². The Labute approximate surface area is 141 Å². The third-order valence-electron chi connectivity index (χ3n) is 5.92. The molecule has 2 rings (SSSR count). The quantitative estimate of drug-likeness (QED) is 0.749. The topological polar surface area (TPSA) is 50.6 Å². The second kappa shape index (κ2) is 7.19. The van der Waals surface area contributed by atoms with E-state index in [0.717, 1.165) is 26.2 Å². The summed E-state index contributed by atoms with van der Waals surface area (Å²) in [5.74, 6) is 0.551. The molecule has 0 N–H and O–H groups in total. The smallest absolute Gasteiger partial charge is 0.236 e. The number of piperazine rings is 1. The number of nitriles is 1. The van der Waals surface area contributed by atoms with E-state index in [1.165, 1.54) is 12.8 Å². The molecule has 0 aromatic rings. The summed E-state index contributed by atoms with van der Waals surface area (Å²) in [5.41, 5.74) is 0.408. The van der Waals surface area contributed by atoms with Gasteiger partial charge in [0.05, 0.1) is 12.6 Å². The van der Waals surface area contributed by atoms with Crippen molar-refractivity contribution in [2.24, 2.45) is 11.3 Å². The molecule has 130 valence electrons. The van der Waals surface area contributed by atoms with Gasteiger partial charge >= 0.3 is 0 Å². The summed E-state index contributed by atoms with van der Waals surface area (Å²) in [6.07, 6.45) is 2.55. The molecule has 2 aliphatic rings. The van der Waals surface area contributed by atoms with E-state index in [-0.39, 0.29) is 11.9 Å². The number of rotatable bonds is 6. The van der Waals surface area contributed by atoms with Crippen LogP contribution in [0.1, 0.15) is 40.5 Å². The highest BCUT2D eigenvalue weighted by molar-refractivity contribution is 5.78. The fourth-order valence-corrected chi connectivity index (χ4v) is 3.50. The Kier molecular flexibility index (Phi) is 5.70. The Morgan fingerprint density at radius 2 is 1.78 bits per heavy atom. The van der Waals surface area contributed by atoms with Crippen LogP contribution in [-0.4, -0.2) is 72.5 Å². The second-order valence-electron chi connectivity index (χ2n) is 7.98. The first kappa shape index (κ1) is 18.2. The van der Waals surface area contributed by atoms with Crippen molar-refractivity contribution >= 4 is 5.91 Å². The minimum atomic E-state index is -0.0373. The predicted octanol–water partition coefficient (Wildman–Crippen LogP) is 1.80. The summed E-state index contributed by atoms with van der Waals surface area (Å²) < 4.78 is 0. The fourth-order valence-electron chi connectivity index (χ4n) is 3.50. The molecule has 1 heterocycles. The molecular formula is C18H32N4O. The van der Waals surface area contributed by atoms with E-state index in [1.54, 1.807) is 0 Å². The highest BCUT2D eigenvalue weighted by atomic mass is 16.2. The fraction of sp³-hybridized carbons (Fsp3) is 0.889. The first-order valence-corrected chi connectivity index (χ1v) is 8.90. The van der Waals surface area contributed by atoms with E-state index in [4.69, 9.17) is 0 Å². The molecule has 5 heteroatoms. The molecule has 5 nitrogen and oxygen atoms in total. The van der Waals surface area contributed by atoms with Crippen LogP contribution in [0.15, 0.2) is 0 Å². The molecule has 2 unspecified atom stereocenters. The van der Waals surface area contributed by atoms with E-state index in [1.807, 2.05) is 4.90 Å². The summed E-state index contributed by atoms with van der Waals surface area (Å²) >= 11 is 0. The lowest BCUT2D eigenvalue weighted by atomic mass is 9.99. The Hall–Kier alpha value is -1.12. The normalized spacial score (nSPS) is 23.7. The van der Waals surface area contributed by atoms with Crippen LogP contribution in [0.5, 0.6) is 0 Å². The Morgan fingerprint density at radius 1 is 1.22 bits per heavy atom. The molecule has 1 amide bonds. The predicted molar refractivity (Wildman–Crippen MR) is 91.8 cm³/mol. The SMILES string of the molecule is CC(C)C(C#N)N1CCN(C(=O)CN(C)C(C)C2(C)CC2)CC1. The molecule has 0 spiro atoms. The number of hydrogen-bond acceptors (Lipinski definition) is 4. The van der Waals surface area contributed by atoms with E-state index < -0.39 is 0 Å². The Morgan fingerprint density at radius 3 is 2.22 bits per heavy atom. The molecule has 0 bridgehead atoms. The summed E-state index contributed by atoms with van der Waals surface area (Å²) in [6, 6.07) is 2.82. The number of hydrogen-bond donors (Lipinski definition) is 0. The standard InChI is InChI=1S/C18H32N4O/c1-14(2)16(12-19)21-8-10-22(11-9-21)17(23)13-20(5)15(3)18(4)6-7-18/h14-16H,6-11,13H2,1-5H3. The lowest BCUT2D eigenvalue weighted by Gasteiger charge is -2.39. The second-order valence-corrected chi connectivity index (χ2v) is 7.98. The van der Waals surface area contributed by atoms with Crippen LogP contribution in [0.25, 0.3) is 0 Å². The third-order valence-corrected chi connectivity index (χ3v) is 5.92. The van der Waals surface area contributed by atoms with Crippen molar-refractivity contribution in [1.29, 1.82) is 5.26 Å². The van der Waals surface area contributed by atoms with Crippen molar-refractivity contribution in [1.82, 2.24) is 14.7 Å². The molecule has 23 heavy (non-hydrogen) atoms. The zero-order valence-corrected chi connectivity index (χ0v) is 15.4. The van der Waals surface area contributed by atoms with Crippen molar-refractivity contribution in [2.45, 2.75) is 52.6 Å². The number of amides is 1. The molecule has 1 saturated carbocycles. The van der Waals surface area contributed by atoms with Crippen LogP contribution in [0.3, 0.4) is 0 Å².